The SMILES string of the molecule is OC(CCC1CCCO1)C1CSCCS1. The van der Waals surface area contributed by atoms with E-state index in [1.54, 1.807) is 0 Å². The predicted octanol–water partition coefficient (Wildman–Crippen LogP) is 2.16. The fourth-order valence-electron chi connectivity index (χ4n) is 2.14. The Bertz CT molecular complexity index is 177. The normalized spacial score (nSPS) is 34.2. The van der Waals surface area contributed by atoms with Crippen molar-refractivity contribution in [3.63, 3.8) is 0 Å². The van der Waals surface area contributed by atoms with Crippen LogP contribution >= 0.6 is 23.5 Å². The molecule has 0 aromatic rings. The molecule has 0 aliphatic carbocycles. The zero-order valence-corrected chi connectivity index (χ0v) is 10.7. The number of hydrogen-bond acceptors (Lipinski definition) is 4. The predicted molar refractivity (Wildman–Crippen MR) is 67.8 cm³/mol. The smallest absolute Gasteiger partial charge is 0.0667 e. The number of rotatable bonds is 4. The molecular weight excluding hydrogens is 228 g/mol. The van der Waals surface area contributed by atoms with Gasteiger partial charge in [0, 0.05) is 29.1 Å². The molecule has 0 aromatic heterocycles. The standard InChI is InChI=1S/C11H20O2S2/c12-10(11-8-14-6-7-15-11)4-3-9-2-1-5-13-9/h9-12H,1-8H2. The van der Waals surface area contributed by atoms with Crippen molar-refractivity contribution in [3.8, 4) is 0 Å². The van der Waals surface area contributed by atoms with Crippen LogP contribution in [0.2, 0.25) is 0 Å². The number of hydrogen-bond donors (Lipinski definition) is 1. The zero-order chi connectivity index (χ0) is 10.5. The third-order valence-electron chi connectivity index (χ3n) is 3.08. The van der Waals surface area contributed by atoms with Gasteiger partial charge in [0.25, 0.3) is 0 Å². The second kappa shape index (κ2) is 6.38. The van der Waals surface area contributed by atoms with Gasteiger partial charge in [0.15, 0.2) is 0 Å². The summed E-state index contributed by atoms with van der Waals surface area (Å²) in [5, 5.41) is 10.5. The molecule has 1 N–H and O–H groups in total. The van der Waals surface area contributed by atoms with Gasteiger partial charge in [0.1, 0.15) is 0 Å². The van der Waals surface area contributed by atoms with E-state index in [9.17, 15) is 5.11 Å². The van der Waals surface area contributed by atoms with Gasteiger partial charge >= 0.3 is 0 Å². The van der Waals surface area contributed by atoms with E-state index < -0.39 is 0 Å². The summed E-state index contributed by atoms with van der Waals surface area (Å²) in [6.45, 7) is 0.925. The fraction of sp³-hybridized carbons (Fsp3) is 1.00. The molecule has 15 heavy (non-hydrogen) atoms. The summed E-state index contributed by atoms with van der Waals surface area (Å²) < 4.78 is 5.57. The molecule has 2 rings (SSSR count). The summed E-state index contributed by atoms with van der Waals surface area (Å²) in [7, 11) is 0. The molecule has 0 saturated carbocycles. The van der Waals surface area contributed by atoms with E-state index >= 15 is 0 Å². The van der Waals surface area contributed by atoms with Crippen molar-refractivity contribution in [2.45, 2.75) is 43.1 Å². The van der Waals surface area contributed by atoms with Crippen LogP contribution in [0.4, 0.5) is 0 Å². The van der Waals surface area contributed by atoms with E-state index in [2.05, 4.69) is 0 Å². The van der Waals surface area contributed by atoms with Gasteiger partial charge in [-0.1, -0.05) is 0 Å². The van der Waals surface area contributed by atoms with Crippen molar-refractivity contribution >= 4 is 23.5 Å². The molecule has 2 saturated heterocycles. The van der Waals surface area contributed by atoms with E-state index in [1.165, 1.54) is 24.3 Å². The van der Waals surface area contributed by atoms with Crippen molar-refractivity contribution in [2.24, 2.45) is 0 Å². The van der Waals surface area contributed by atoms with Crippen LogP contribution in [0.25, 0.3) is 0 Å². The Kier molecular flexibility index (Phi) is 5.14. The first-order chi connectivity index (χ1) is 7.36. The van der Waals surface area contributed by atoms with Crippen molar-refractivity contribution in [1.29, 1.82) is 0 Å². The minimum absolute atomic E-state index is 0.119. The summed E-state index contributed by atoms with van der Waals surface area (Å²) in [4.78, 5) is 0. The quantitative estimate of drug-likeness (QED) is 0.825. The Morgan fingerprint density at radius 3 is 3.00 bits per heavy atom. The number of ether oxygens (including phenoxy) is 1. The Labute approximate surface area is 101 Å². The van der Waals surface area contributed by atoms with Crippen LogP contribution in [-0.2, 0) is 4.74 Å². The monoisotopic (exact) mass is 248 g/mol. The molecule has 0 bridgehead atoms. The minimum atomic E-state index is -0.119. The lowest BCUT2D eigenvalue weighted by atomic mass is 10.1. The number of aliphatic hydroxyl groups excluding tert-OH is 1. The van der Waals surface area contributed by atoms with E-state index in [-0.39, 0.29) is 6.10 Å². The summed E-state index contributed by atoms with van der Waals surface area (Å²) in [5.74, 6) is 3.57. The molecule has 0 aromatic carbocycles. The maximum atomic E-state index is 10.0. The third-order valence-corrected chi connectivity index (χ3v) is 5.99. The molecule has 3 atom stereocenters. The van der Waals surface area contributed by atoms with Gasteiger partial charge < -0.3 is 9.84 Å². The van der Waals surface area contributed by atoms with Crippen LogP contribution in [0.3, 0.4) is 0 Å². The molecule has 0 radical (unpaired) electrons. The molecule has 4 heteroatoms. The highest BCUT2D eigenvalue weighted by atomic mass is 32.2. The average molecular weight is 248 g/mol. The highest BCUT2D eigenvalue weighted by Crippen LogP contribution is 2.29. The van der Waals surface area contributed by atoms with Crippen LogP contribution < -0.4 is 0 Å². The van der Waals surface area contributed by atoms with Gasteiger partial charge in [0.2, 0.25) is 0 Å². The average Bonchev–Trinajstić information content (AvgIpc) is 2.80. The molecule has 2 aliphatic heterocycles. The van der Waals surface area contributed by atoms with Crippen molar-refractivity contribution in [1.82, 2.24) is 0 Å². The molecule has 2 nitrogen and oxygen atoms in total. The topological polar surface area (TPSA) is 29.5 Å². The number of aliphatic hydroxyl groups is 1. The zero-order valence-electron chi connectivity index (χ0n) is 9.06. The molecule has 2 aliphatic rings. The van der Waals surface area contributed by atoms with E-state index in [0.29, 0.717) is 11.4 Å². The summed E-state index contributed by atoms with van der Waals surface area (Å²) >= 11 is 3.92. The Morgan fingerprint density at radius 1 is 1.40 bits per heavy atom. The Morgan fingerprint density at radius 2 is 2.33 bits per heavy atom. The lowest BCUT2D eigenvalue weighted by Crippen LogP contribution is -2.29. The van der Waals surface area contributed by atoms with Crippen molar-refractivity contribution in [2.75, 3.05) is 23.9 Å². The second-order valence-electron chi connectivity index (χ2n) is 4.26. The highest BCUT2D eigenvalue weighted by Gasteiger charge is 2.24. The van der Waals surface area contributed by atoms with E-state index in [0.717, 1.165) is 25.2 Å². The Balaban J connectivity index is 1.64. The van der Waals surface area contributed by atoms with E-state index in [1.807, 2.05) is 23.5 Å². The minimum Gasteiger partial charge on any atom is -0.392 e. The molecule has 0 spiro atoms. The van der Waals surface area contributed by atoms with Gasteiger partial charge in [-0.2, -0.15) is 23.5 Å². The fourth-order valence-corrected chi connectivity index (χ4v) is 4.95. The molecule has 0 amide bonds. The first-order valence-corrected chi connectivity index (χ1v) is 8.05. The van der Waals surface area contributed by atoms with Crippen LogP contribution in [0, 0.1) is 0 Å². The summed E-state index contributed by atoms with van der Waals surface area (Å²) in [6.07, 6.45) is 4.67. The molecule has 88 valence electrons. The maximum absolute atomic E-state index is 10.0. The number of thioether (sulfide) groups is 2. The first-order valence-electron chi connectivity index (χ1n) is 5.85. The molecule has 2 heterocycles. The van der Waals surface area contributed by atoms with Crippen LogP contribution in [0.15, 0.2) is 0 Å². The van der Waals surface area contributed by atoms with Crippen LogP contribution in [0.1, 0.15) is 25.7 Å². The van der Waals surface area contributed by atoms with Crippen molar-refractivity contribution < 1.29 is 9.84 Å². The van der Waals surface area contributed by atoms with Crippen LogP contribution in [-0.4, -0.2) is 46.4 Å². The lowest BCUT2D eigenvalue weighted by Gasteiger charge is -2.26. The van der Waals surface area contributed by atoms with Gasteiger partial charge in [-0.3, -0.25) is 0 Å². The Hall–Kier alpha value is 0.620. The second-order valence-corrected chi connectivity index (χ2v) is 6.76. The van der Waals surface area contributed by atoms with Gasteiger partial charge in [-0.25, -0.2) is 0 Å². The summed E-state index contributed by atoms with van der Waals surface area (Å²) in [6, 6.07) is 0. The lowest BCUT2D eigenvalue weighted by molar-refractivity contribution is 0.0819. The first kappa shape index (κ1) is 12.1. The molecule has 2 fully saturated rings. The van der Waals surface area contributed by atoms with Gasteiger partial charge in [0.05, 0.1) is 12.2 Å². The van der Waals surface area contributed by atoms with Gasteiger partial charge in [-0.15, -0.1) is 0 Å². The van der Waals surface area contributed by atoms with Crippen LogP contribution in [0.5, 0.6) is 0 Å². The third kappa shape index (κ3) is 3.84. The highest BCUT2D eigenvalue weighted by molar-refractivity contribution is 8.06. The molecule has 3 unspecified atom stereocenters. The van der Waals surface area contributed by atoms with Crippen molar-refractivity contribution in [3.05, 3.63) is 0 Å². The maximum Gasteiger partial charge on any atom is 0.0667 e. The summed E-state index contributed by atoms with van der Waals surface area (Å²) in [5.41, 5.74) is 0. The van der Waals surface area contributed by atoms with E-state index in [4.69, 9.17) is 4.74 Å². The molecular formula is C11H20O2S2. The largest absolute Gasteiger partial charge is 0.392 e. The van der Waals surface area contributed by atoms with Gasteiger partial charge in [-0.05, 0) is 25.7 Å².